The van der Waals surface area contributed by atoms with E-state index in [1.54, 1.807) is 6.07 Å². The highest BCUT2D eigenvalue weighted by atomic mass is 32.2. The minimum absolute atomic E-state index is 0.0293. The van der Waals surface area contributed by atoms with Crippen molar-refractivity contribution in [2.45, 2.75) is 18.1 Å². The number of nitrogens with one attached hydrogen (secondary N) is 1. The van der Waals surface area contributed by atoms with Gasteiger partial charge in [-0.15, -0.1) is 0 Å². The Balaban J connectivity index is 1.57. The second kappa shape index (κ2) is 6.31. The number of rotatable bonds is 5. The van der Waals surface area contributed by atoms with E-state index in [9.17, 15) is 18.0 Å². The molecule has 2 aliphatic rings. The van der Waals surface area contributed by atoms with E-state index in [1.165, 1.54) is 9.21 Å². The predicted octanol–water partition coefficient (Wildman–Crippen LogP) is 0.247. The highest BCUT2D eigenvalue weighted by Crippen LogP contribution is 2.33. The largest absolute Gasteiger partial charge is 0.481 e. The van der Waals surface area contributed by atoms with Gasteiger partial charge in [-0.25, -0.2) is 13.2 Å². The molecule has 130 valence electrons. The summed E-state index contributed by atoms with van der Waals surface area (Å²) in [5, 5.41) is 10.4. The van der Waals surface area contributed by atoms with Crippen LogP contribution in [0.1, 0.15) is 12.0 Å². The van der Waals surface area contributed by atoms with Crippen molar-refractivity contribution >= 4 is 27.7 Å². The molecule has 3 rings (SSSR count). The van der Waals surface area contributed by atoms with E-state index in [0.29, 0.717) is 13.0 Å². The van der Waals surface area contributed by atoms with Gasteiger partial charge in [-0.1, -0.05) is 18.2 Å². The molecular formula is C15H19N3O5S. The average molecular weight is 353 g/mol. The van der Waals surface area contributed by atoms with E-state index in [2.05, 4.69) is 5.32 Å². The first-order chi connectivity index (χ1) is 11.4. The minimum Gasteiger partial charge on any atom is -0.481 e. The number of likely N-dealkylation sites (tertiary alicyclic amines) is 1. The Bertz CT molecular complexity index is 758. The van der Waals surface area contributed by atoms with Crippen molar-refractivity contribution in [2.24, 2.45) is 0 Å². The lowest BCUT2D eigenvalue weighted by Crippen LogP contribution is -2.62. The molecule has 1 aromatic carbocycles. The fraction of sp³-hybridized carbons (Fsp3) is 0.467. The van der Waals surface area contributed by atoms with Gasteiger partial charge in [0.1, 0.15) is 5.25 Å². The molecule has 9 heteroatoms. The Morgan fingerprint density at radius 2 is 1.96 bits per heavy atom. The molecule has 2 heterocycles. The van der Waals surface area contributed by atoms with E-state index in [0.717, 1.165) is 11.3 Å². The SMILES string of the molecule is O=C(O)CCNC(=O)N1CC(S(=O)(=O)N2CCc3ccccc32)C1. The molecule has 2 aliphatic heterocycles. The van der Waals surface area contributed by atoms with Crippen LogP contribution in [0.4, 0.5) is 10.5 Å². The third-order valence-electron chi connectivity index (χ3n) is 4.32. The van der Waals surface area contributed by atoms with E-state index < -0.39 is 27.3 Å². The van der Waals surface area contributed by atoms with Crippen molar-refractivity contribution in [1.29, 1.82) is 0 Å². The summed E-state index contributed by atoms with van der Waals surface area (Å²) in [6, 6.07) is 7.00. The smallest absolute Gasteiger partial charge is 0.317 e. The summed E-state index contributed by atoms with van der Waals surface area (Å²) >= 11 is 0. The van der Waals surface area contributed by atoms with Crippen LogP contribution in [0.3, 0.4) is 0 Å². The van der Waals surface area contributed by atoms with Gasteiger partial charge in [0.05, 0.1) is 12.1 Å². The highest BCUT2D eigenvalue weighted by Gasteiger charge is 2.44. The van der Waals surface area contributed by atoms with Gasteiger partial charge >= 0.3 is 12.0 Å². The van der Waals surface area contributed by atoms with Crippen molar-refractivity contribution in [1.82, 2.24) is 10.2 Å². The fourth-order valence-corrected chi connectivity index (χ4v) is 4.83. The maximum atomic E-state index is 12.7. The number of para-hydroxylation sites is 1. The number of carboxylic acids is 1. The van der Waals surface area contributed by atoms with E-state index >= 15 is 0 Å². The molecule has 24 heavy (non-hydrogen) atoms. The van der Waals surface area contributed by atoms with Gasteiger partial charge in [0.2, 0.25) is 10.0 Å². The molecule has 8 nitrogen and oxygen atoms in total. The van der Waals surface area contributed by atoms with Crippen molar-refractivity contribution in [3.63, 3.8) is 0 Å². The zero-order chi connectivity index (χ0) is 17.3. The van der Waals surface area contributed by atoms with Gasteiger partial charge in [0.25, 0.3) is 0 Å². The van der Waals surface area contributed by atoms with Gasteiger partial charge in [-0.05, 0) is 18.1 Å². The number of carbonyl (C=O) groups is 2. The Hall–Kier alpha value is -2.29. The maximum absolute atomic E-state index is 12.7. The third-order valence-corrected chi connectivity index (χ3v) is 6.46. The molecule has 1 saturated heterocycles. The van der Waals surface area contributed by atoms with E-state index in [4.69, 9.17) is 5.11 Å². The number of anilines is 1. The molecule has 0 atom stereocenters. The Morgan fingerprint density at radius 3 is 2.67 bits per heavy atom. The summed E-state index contributed by atoms with van der Waals surface area (Å²) in [6.07, 6.45) is 0.535. The van der Waals surface area contributed by atoms with Gasteiger partial charge < -0.3 is 15.3 Å². The Morgan fingerprint density at radius 1 is 1.25 bits per heavy atom. The monoisotopic (exact) mass is 353 g/mol. The standard InChI is InChI=1S/C15H19N3O5S/c19-14(20)5-7-16-15(21)17-9-12(10-17)24(22,23)18-8-6-11-3-1-2-4-13(11)18/h1-4,12H,5-10H2,(H,16,21)(H,19,20). The number of fused-ring (bicyclic) bond motifs is 1. The zero-order valence-corrected chi connectivity index (χ0v) is 13.8. The number of benzene rings is 1. The van der Waals surface area contributed by atoms with Crippen LogP contribution >= 0.6 is 0 Å². The van der Waals surface area contributed by atoms with Crippen LogP contribution in [0.2, 0.25) is 0 Å². The average Bonchev–Trinajstić information content (AvgIpc) is 2.89. The fourth-order valence-electron chi connectivity index (χ4n) is 2.93. The molecule has 1 fully saturated rings. The molecular weight excluding hydrogens is 334 g/mol. The molecule has 0 spiro atoms. The molecule has 0 saturated carbocycles. The lowest BCUT2D eigenvalue weighted by Gasteiger charge is -2.40. The van der Waals surface area contributed by atoms with Crippen LogP contribution in [0.5, 0.6) is 0 Å². The third kappa shape index (κ3) is 3.03. The summed E-state index contributed by atoms with van der Waals surface area (Å²) in [4.78, 5) is 23.6. The van der Waals surface area contributed by atoms with Crippen molar-refractivity contribution in [2.75, 3.05) is 30.5 Å². The number of sulfonamides is 1. The number of hydrogen-bond acceptors (Lipinski definition) is 4. The number of carboxylic acid groups (broad SMARTS) is 1. The van der Waals surface area contributed by atoms with Crippen LogP contribution < -0.4 is 9.62 Å². The topological polar surface area (TPSA) is 107 Å². The summed E-state index contributed by atoms with van der Waals surface area (Å²) in [6.45, 7) is 0.713. The van der Waals surface area contributed by atoms with Gasteiger partial charge in [0.15, 0.2) is 0 Å². The first-order valence-electron chi connectivity index (χ1n) is 7.73. The summed E-state index contributed by atoms with van der Waals surface area (Å²) in [5.74, 6) is -0.993. The molecule has 0 radical (unpaired) electrons. The summed E-state index contributed by atoms with van der Waals surface area (Å²) in [5.41, 5.74) is 1.74. The number of amides is 2. The van der Waals surface area contributed by atoms with Crippen molar-refractivity contribution < 1.29 is 23.1 Å². The second-order valence-corrected chi connectivity index (χ2v) is 8.04. The number of aliphatic carboxylic acids is 1. The van der Waals surface area contributed by atoms with E-state index in [-0.39, 0.29) is 26.1 Å². The highest BCUT2D eigenvalue weighted by molar-refractivity contribution is 7.93. The number of nitrogens with zero attached hydrogens (tertiary/aromatic N) is 2. The van der Waals surface area contributed by atoms with Gasteiger partial charge in [0, 0.05) is 26.2 Å². The lowest BCUT2D eigenvalue weighted by atomic mass is 10.2. The van der Waals surface area contributed by atoms with Crippen LogP contribution in [-0.2, 0) is 21.2 Å². The van der Waals surface area contributed by atoms with Crippen molar-refractivity contribution in [3.05, 3.63) is 29.8 Å². The van der Waals surface area contributed by atoms with Crippen LogP contribution in [0, 0.1) is 0 Å². The lowest BCUT2D eigenvalue weighted by molar-refractivity contribution is -0.136. The minimum atomic E-state index is -3.50. The van der Waals surface area contributed by atoms with E-state index in [1.807, 2.05) is 18.2 Å². The quantitative estimate of drug-likeness (QED) is 0.789. The first-order valence-corrected chi connectivity index (χ1v) is 9.24. The normalized spacial score (nSPS) is 17.3. The zero-order valence-electron chi connectivity index (χ0n) is 13.0. The number of carbonyl (C=O) groups excluding carboxylic acids is 1. The van der Waals surface area contributed by atoms with Crippen LogP contribution in [0.15, 0.2) is 24.3 Å². The molecule has 0 aliphatic carbocycles. The summed E-state index contributed by atoms with van der Waals surface area (Å²) in [7, 11) is -3.50. The maximum Gasteiger partial charge on any atom is 0.317 e. The number of hydrogen-bond donors (Lipinski definition) is 2. The summed E-state index contributed by atoms with van der Waals surface area (Å²) < 4.78 is 26.9. The second-order valence-electron chi connectivity index (χ2n) is 5.90. The van der Waals surface area contributed by atoms with Crippen LogP contribution in [-0.4, -0.2) is 61.9 Å². The Kier molecular flexibility index (Phi) is 4.35. The number of urea groups is 1. The molecule has 2 amide bonds. The molecule has 1 aromatic rings. The first kappa shape index (κ1) is 16.6. The van der Waals surface area contributed by atoms with Gasteiger partial charge in [-0.2, -0.15) is 0 Å². The molecule has 0 aromatic heterocycles. The molecule has 2 N–H and O–H groups in total. The predicted molar refractivity (Wildman–Crippen MR) is 87.4 cm³/mol. The van der Waals surface area contributed by atoms with Gasteiger partial charge in [-0.3, -0.25) is 9.10 Å². The van der Waals surface area contributed by atoms with Crippen LogP contribution in [0.25, 0.3) is 0 Å². The molecule has 0 bridgehead atoms. The van der Waals surface area contributed by atoms with Crippen molar-refractivity contribution in [3.8, 4) is 0 Å². The molecule has 0 unspecified atom stereocenters. The Labute approximate surface area is 140 Å².